The Bertz CT molecular complexity index is 1330. The lowest BCUT2D eigenvalue weighted by molar-refractivity contribution is -0.143. The van der Waals surface area contributed by atoms with Crippen molar-refractivity contribution in [2.45, 2.75) is 38.5 Å². The van der Waals surface area contributed by atoms with Crippen molar-refractivity contribution >= 4 is 17.7 Å². The third kappa shape index (κ3) is 4.41. The largest absolute Gasteiger partial charge is 0.489 e. The summed E-state index contributed by atoms with van der Waals surface area (Å²) < 4.78 is 45.3. The number of allylic oxidation sites excluding steroid dienone is 1. The third-order valence-corrected chi connectivity index (χ3v) is 6.06. The van der Waals surface area contributed by atoms with E-state index in [-0.39, 0.29) is 54.5 Å². The van der Waals surface area contributed by atoms with Gasteiger partial charge < -0.3 is 24.6 Å². The average molecular weight is 466 g/mol. The van der Waals surface area contributed by atoms with Crippen LogP contribution in [0, 0.1) is 0 Å². The molecule has 0 spiro atoms. The molecule has 0 aromatic heterocycles. The summed E-state index contributed by atoms with van der Waals surface area (Å²) in [6.45, 7) is 2.81. The van der Waals surface area contributed by atoms with Gasteiger partial charge in [0, 0.05) is 29.9 Å². The molecule has 2 aromatic carbocycles. The fourth-order valence-electron chi connectivity index (χ4n) is 4.17. The van der Waals surface area contributed by atoms with Gasteiger partial charge in [-0.1, -0.05) is 36.9 Å². The number of rotatable bonds is 6. The molecule has 34 heavy (non-hydrogen) atoms. The summed E-state index contributed by atoms with van der Waals surface area (Å²) in [6, 6.07) is 6.90. The van der Waals surface area contributed by atoms with Gasteiger partial charge in [0.15, 0.2) is 0 Å². The van der Waals surface area contributed by atoms with E-state index in [0.717, 1.165) is 22.1 Å². The molecular formula is C26H27N3O5. The summed E-state index contributed by atoms with van der Waals surface area (Å²) >= 11 is 0. The van der Waals surface area contributed by atoms with Crippen LogP contribution in [0.15, 0.2) is 54.7 Å². The van der Waals surface area contributed by atoms with Gasteiger partial charge in [-0.2, -0.15) is 0 Å². The van der Waals surface area contributed by atoms with Crippen LogP contribution in [-0.2, 0) is 34.0 Å². The number of nitrogens with one attached hydrogen (secondary N) is 1. The van der Waals surface area contributed by atoms with Gasteiger partial charge in [-0.3, -0.25) is 14.4 Å². The minimum absolute atomic E-state index is 0.0135. The van der Waals surface area contributed by atoms with Crippen molar-refractivity contribution in [1.29, 1.82) is 0 Å². The Hall–Kier alpha value is -3.65. The zero-order valence-electron chi connectivity index (χ0n) is 22.6. The number of nitrogens with zero attached hydrogens (tertiary/aromatic N) is 2. The molecule has 0 bridgehead atoms. The van der Waals surface area contributed by atoms with Crippen LogP contribution in [0.5, 0.6) is 5.75 Å². The first kappa shape index (κ1) is 17.8. The van der Waals surface area contributed by atoms with E-state index in [1.54, 1.807) is 4.90 Å². The second kappa shape index (κ2) is 9.30. The SMILES string of the molecule is [2H]c1cc([2H])c2c(c1OCc1ccc(CN3CCOCC3=O)cc1)C([2H])([2H])N(C1CCC(=C)NC1=O)C2=O. The van der Waals surface area contributed by atoms with Crippen LogP contribution in [0.1, 0.15) is 45.4 Å². The van der Waals surface area contributed by atoms with Crippen molar-refractivity contribution in [3.63, 3.8) is 0 Å². The van der Waals surface area contributed by atoms with Crippen LogP contribution in [-0.4, -0.2) is 53.3 Å². The van der Waals surface area contributed by atoms with Crippen LogP contribution in [0.4, 0.5) is 0 Å². The molecule has 0 aliphatic carbocycles. The summed E-state index contributed by atoms with van der Waals surface area (Å²) in [4.78, 5) is 40.5. The van der Waals surface area contributed by atoms with Crippen molar-refractivity contribution < 1.29 is 29.3 Å². The van der Waals surface area contributed by atoms with Crippen molar-refractivity contribution in [2.24, 2.45) is 0 Å². The minimum atomic E-state index is -2.47. The van der Waals surface area contributed by atoms with Crippen LogP contribution in [0.2, 0.25) is 0 Å². The number of piperidine rings is 1. The first-order valence-electron chi connectivity index (χ1n) is 13.1. The number of benzene rings is 2. The first-order chi connectivity index (χ1) is 18.1. The molecule has 1 N–H and O–H groups in total. The molecule has 2 aromatic rings. The van der Waals surface area contributed by atoms with E-state index in [0.29, 0.717) is 31.8 Å². The fourth-order valence-corrected chi connectivity index (χ4v) is 4.17. The first-order valence-corrected chi connectivity index (χ1v) is 11.1. The Morgan fingerprint density at radius 3 is 2.76 bits per heavy atom. The number of hydrogen-bond donors (Lipinski definition) is 1. The quantitative estimate of drug-likeness (QED) is 0.708. The van der Waals surface area contributed by atoms with Gasteiger partial charge in [-0.05, 0) is 36.1 Å². The van der Waals surface area contributed by atoms with Crippen molar-refractivity contribution in [1.82, 2.24) is 15.1 Å². The van der Waals surface area contributed by atoms with E-state index >= 15 is 0 Å². The Balaban J connectivity index is 1.37. The molecular weight excluding hydrogens is 434 g/mol. The maximum absolute atomic E-state index is 13.3. The van der Waals surface area contributed by atoms with Gasteiger partial charge in [-0.15, -0.1) is 0 Å². The monoisotopic (exact) mass is 465 g/mol. The van der Waals surface area contributed by atoms with Gasteiger partial charge in [0.1, 0.15) is 25.0 Å². The highest BCUT2D eigenvalue weighted by Crippen LogP contribution is 2.34. The molecule has 8 nitrogen and oxygen atoms in total. The number of fused-ring (bicyclic) bond motifs is 1. The molecule has 1 unspecified atom stereocenters. The van der Waals surface area contributed by atoms with E-state index in [4.69, 9.17) is 15.0 Å². The van der Waals surface area contributed by atoms with E-state index in [9.17, 15) is 14.4 Å². The van der Waals surface area contributed by atoms with Crippen molar-refractivity contribution in [3.05, 3.63) is 76.9 Å². The normalized spacial score (nSPS) is 23.6. The maximum Gasteiger partial charge on any atom is 0.255 e. The van der Waals surface area contributed by atoms with Crippen molar-refractivity contribution in [3.8, 4) is 5.75 Å². The Morgan fingerprint density at radius 1 is 1.21 bits per heavy atom. The lowest BCUT2D eigenvalue weighted by Gasteiger charge is -2.31. The zero-order valence-corrected chi connectivity index (χ0v) is 18.6. The lowest BCUT2D eigenvalue weighted by Crippen LogP contribution is -2.49. The highest BCUT2D eigenvalue weighted by Gasteiger charge is 2.39. The predicted octanol–water partition coefficient (Wildman–Crippen LogP) is 2.37. The molecule has 2 saturated heterocycles. The number of carbonyl (C=O) groups excluding carboxylic acids is 3. The van der Waals surface area contributed by atoms with Crippen LogP contribution >= 0.6 is 0 Å². The number of morpholine rings is 1. The zero-order chi connectivity index (χ0) is 27.2. The Morgan fingerprint density at radius 2 is 2.00 bits per heavy atom. The molecule has 0 saturated carbocycles. The van der Waals surface area contributed by atoms with Gasteiger partial charge in [0.2, 0.25) is 11.8 Å². The molecule has 5 rings (SSSR count). The van der Waals surface area contributed by atoms with Gasteiger partial charge in [-0.25, -0.2) is 0 Å². The van der Waals surface area contributed by atoms with Crippen LogP contribution in [0.25, 0.3) is 0 Å². The molecule has 3 aliphatic heterocycles. The summed E-state index contributed by atoms with van der Waals surface area (Å²) in [5.74, 6) is -1.52. The summed E-state index contributed by atoms with van der Waals surface area (Å²) in [6.07, 6.45) is 0.590. The number of carbonyl (C=O) groups is 3. The van der Waals surface area contributed by atoms with E-state index in [1.165, 1.54) is 0 Å². The smallest absolute Gasteiger partial charge is 0.255 e. The number of amides is 3. The van der Waals surface area contributed by atoms with Gasteiger partial charge >= 0.3 is 0 Å². The lowest BCUT2D eigenvalue weighted by atomic mass is 10.0. The third-order valence-electron chi connectivity index (χ3n) is 6.06. The molecule has 8 heteroatoms. The van der Waals surface area contributed by atoms with E-state index in [1.807, 2.05) is 24.3 Å². The molecule has 0 radical (unpaired) electrons. The van der Waals surface area contributed by atoms with Gasteiger partial charge in [0.05, 0.1) is 18.6 Å². The highest BCUT2D eigenvalue weighted by atomic mass is 16.5. The molecule has 3 aliphatic rings. The fraction of sp³-hybridized carbons (Fsp3) is 0.346. The highest BCUT2D eigenvalue weighted by molar-refractivity contribution is 6.02. The molecule has 1 atom stereocenters. The molecule has 3 heterocycles. The summed E-state index contributed by atoms with van der Waals surface area (Å²) in [5, 5.41) is 2.57. The topological polar surface area (TPSA) is 88.2 Å². The second-order valence-corrected chi connectivity index (χ2v) is 8.42. The van der Waals surface area contributed by atoms with Crippen molar-refractivity contribution in [2.75, 3.05) is 19.8 Å². The molecule has 2 fully saturated rings. The maximum atomic E-state index is 13.3. The van der Waals surface area contributed by atoms with Crippen LogP contribution < -0.4 is 10.1 Å². The Kier molecular flexibility index (Phi) is 4.86. The van der Waals surface area contributed by atoms with E-state index in [2.05, 4.69) is 11.9 Å². The van der Waals surface area contributed by atoms with E-state index < -0.39 is 24.4 Å². The molecule has 176 valence electrons. The summed E-state index contributed by atoms with van der Waals surface area (Å²) in [5.41, 5.74) is 1.74. The van der Waals surface area contributed by atoms with Crippen LogP contribution in [0.3, 0.4) is 0 Å². The Labute approximate surface area is 203 Å². The predicted molar refractivity (Wildman–Crippen MR) is 124 cm³/mol. The number of ether oxygens (including phenoxy) is 2. The number of hydrogen-bond acceptors (Lipinski definition) is 5. The minimum Gasteiger partial charge on any atom is -0.489 e. The van der Waals surface area contributed by atoms with Gasteiger partial charge in [0.25, 0.3) is 5.91 Å². The summed E-state index contributed by atoms with van der Waals surface area (Å²) in [7, 11) is 0. The molecule has 3 amide bonds. The second-order valence-electron chi connectivity index (χ2n) is 8.42. The average Bonchev–Trinajstić information content (AvgIpc) is 3.07. The standard InChI is InChI=1S/C26H27N3O5/c1-17-5-10-22(25(31)27-17)29-14-21-20(26(29)32)3-2-4-23(21)34-15-19-8-6-18(7-9-19)13-28-11-12-33-16-24(28)30/h2-4,6-9,22H,1,5,10-16H2,(H,27,31)/i3D,4D,14D2.